The molecule has 3 aliphatic rings. The van der Waals surface area contributed by atoms with E-state index in [4.69, 9.17) is 0 Å². The first kappa shape index (κ1) is 19.7. The number of imide groups is 1. The van der Waals surface area contributed by atoms with Gasteiger partial charge in [-0.15, -0.1) is 0 Å². The lowest BCUT2D eigenvalue weighted by Crippen LogP contribution is -2.51. The van der Waals surface area contributed by atoms with Gasteiger partial charge in [-0.2, -0.15) is 5.01 Å². The minimum absolute atomic E-state index is 0.0663. The van der Waals surface area contributed by atoms with Gasteiger partial charge in [0.1, 0.15) is 11.4 Å². The quantitative estimate of drug-likeness (QED) is 0.759. The van der Waals surface area contributed by atoms with E-state index in [1.807, 2.05) is 17.9 Å². The van der Waals surface area contributed by atoms with Crippen molar-refractivity contribution < 1.29 is 18.8 Å². The molecule has 0 aromatic heterocycles. The molecule has 29 heavy (non-hydrogen) atoms. The molecule has 0 atom stereocenters. The van der Waals surface area contributed by atoms with Gasteiger partial charge < -0.3 is 10.2 Å². The molecule has 0 radical (unpaired) electrons. The maximum atomic E-state index is 14.5. The summed E-state index contributed by atoms with van der Waals surface area (Å²) >= 11 is 0. The molecule has 1 spiro atoms. The number of amides is 4. The summed E-state index contributed by atoms with van der Waals surface area (Å²) in [6.45, 7) is 2.87. The number of benzene rings is 1. The van der Waals surface area contributed by atoms with Gasteiger partial charge in [0.2, 0.25) is 5.91 Å². The van der Waals surface area contributed by atoms with Gasteiger partial charge in [-0.1, -0.05) is 25.3 Å². The van der Waals surface area contributed by atoms with Gasteiger partial charge in [0, 0.05) is 19.5 Å². The number of nitrogens with zero attached hydrogens (tertiary/aromatic N) is 2. The van der Waals surface area contributed by atoms with Gasteiger partial charge in [-0.3, -0.25) is 15.0 Å². The summed E-state index contributed by atoms with van der Waals surface area (Å²) in [4.78, 5) is 39.3. The summed E-state index contributed by atoms with van der Waals surface area (Å²) in [6.07, 6.45) is 5.80. The molecule has 4 rings (SSSR count). The number of fused-ring (bicyclic) bond motifs is 1. The van der Waals surface area contributed by atoms with Crippen LogP contribution in [0.5, 0.6) is 0 Å². The average Bonchev–Trinajstić information content (AvgIpc) is 2.90. The molecule has 1 aromatic rings. The number of hydrogen-bond acceptors (Lipinski definition) is 4. The van der Waals surface area contributed by atoms with Crippen LogP contribution in [0.15, 0.2) is 12.1 Å². The second kappa shape index (κ2) is 7.65. The molecule has 0 unspecified atom stereocenters. The van der Waals surface area contributed by atoms with Crippen LogP contribution in [0.4, 0.5) is 14.9 Å². The Labute approximate surface area is 169 Å². The van der Waals surface area contributed by atoms with Crippen LogP contribution in [0.25, 0.3) is 0 Å². The van der Waals surface area contributed by atoms with E-state index < -0.39 is 17.5 Å². The lowest BCUT2D eigenvalue weighted by molar-refractivity contribution is -0.139. The molecule has 7 nitrogen and oxygen atoms in total. The number of carbonyl (C=O) groups is 3. The molecule has 1 aromatic carbocycles. The third-order valence-electron chi connectivity index (χ3n) is 6.19. The summed E-state index contributed by atoms with van der Waals surface area (Å²) in [5, 5.41) is 3.59. The summed E-state index contributed by atoms with van der Waals surface area (Å²) in [7, 11) is 0. The number of hydrogen-bond donors (Lipinski definition) is 2. The summed E-state index contributed by atoms with van der Waals surface area (Å²) in [6, 6.07) is 2.92. The van der Waals surface area contributed by atoms with Gasteiger partial charge >= 0.3 is 6.03 Å². The molecule has 0 bridgehead atoms. The minimum atomic E-state index is -0.866. The molecule has 1 aliphatic carbocycles. The first-order chi connectivity index (χ1) is 13.9. The second-order valence-corrected chi connectivity index (χ2v) is 8.34. The van der Waals surface area contributed by atoms with Crippen molar-refractivity contribution in [2.45, 2.75) is 63.8 Å². The van der Waals surface area contributed by atoms with E-state index in [1.165, 1.54) is 6.07 Å². The number of halogens is 1. The number of anilines is 1. The van der Waals surface area contributed by atoms with Gasteiger partial charge in [0.15, 0.2) is 0 Å². The third-order valence-corrected chi connectivity index (χ3v) is 6.19. The van der Waals surface area contributed by atoms with E-state index in [0.717, 1.165) is 48.2 Å². The minimum Gasteiger partial charge on any atom is -0.368 e. The van der Waals surface area contributed by atoms with Gasteiger partial charge in [0.25, 0.3) is 5.91 Å². The Hall–Kier alpha value is -2.64. The average molecular weight is 402 g/mol. The second-order valence-electron chi connectivity index (χ2n) is 8.34. The fourth-order valence-corrected chi connectivity index (χ4v) is 4.78. The maximum absolute atomic E-state index is 14.5. The molecular weight excluding hydrogens is 375 g/mol. The molecule has 2 aliphatic heterocycles. The van der Waals surface area contributed by atoms with E-state index in [-0.39, 0.29) is 18.1 Å². The van der Waals surface area contributed by atoms with Crippen molar-refractivity contribution in [1.29, 1.82) is 0 Å². The predicted molar refractivity (Wildman–Crippen MR) is 106 cm³/mol. The SMILES string of the molecule is Cc1cc(F)c2c(c1)CCCN2CCC(=O)NN1C(=O)NC2(CCCCC2)C1=O. The van der Waals surface area contributed by atoms with Crippen LogP contribution in [0, 0.1) is 12.7 Å². The van der Waals surface area contributed by atoms with Gasteiger partial charge in [-0.05, 0) is 49.8 Å². The molecule has 156 valence electrons. The Morgan fingerprint density at radius 2 is 1.97 bits per heavy atom. The number of rotatable bonds is 4. The number of nitrogens with one attached hydrogen (secondary N) is 2. The van der Waals surface area contributed by atoms with Crippen LogP contribution in [0.2, 0.25) is 0 Å². The molecule has 2 heterocycles. The Morgan fingerprint density at radius 3 is 2.72 bits per heavy atom. The molecule has 1 saturated carbocycles. The molecule has 2 N–H and O–H groups in total. The summed E-state index contributed by atoms with van der Waals surface area (Å²) < 4.78 is 14.5. The zero-order valence-electron chi connectivity index (χ0n) is 16.7. The Bertz CT molecular complexity index is 851. The molecular formula is C21H27FN4O3. The van der Waals surface area contributed by atoms with E-state index in [9.17, 15) is 18.8 Å². The highest BCUT2D eigenvalue weighted by Gasteiger charge is 2.52. The van der Waals surface area contributed by atoms with Gasteiger partial charge in [-0.25, -0.2) is 9.18 Å². The summed E-state index contributed by atoms with van der Waals surface area (Å²) in [5.74, 6) is -1.07. The standard InChI is InChI=1S/C21H27FN4O3/c1-14-12-15-6-5-10-25(18(15)16(22)13-14)11-7-17(27)24-26-19(28)21(23-20(26)29)8-3-2-4-9-21/h12-13H,2-11H2,1H3,(H,23,29)(H,24,27). The highest BCUT2D eigenvalue weighted by Crippen LogP contribution is 2.33. The van der Waals surface area contributed by atoms with Crippen LogP contribution in [-0.4, -0.2) is 41.5 Å². The Kier molecular flexibility index (Phi) is 5.19. The normalized spacial score (nSPS) is 20.6. The smallest absolute Gasteiger partial charge is 0.344 e. The zero-order chi connectivity index (χ0) is 20.6. The van der Waals surface area contributed by atoms with Crippen LogP contribution < -0.4 is 15.6 Å². The Morgan fingerprint density at radius 1 is 1.21 bits per heavy atom. The highest BCUT2D eigenvalue weighted by molar-refractivity contribution is 6.08. The van der Waals surface area contributed by atoms with Crippen molar-refractivity contribution in [3.05, 3.63) is 29.1 Å². The zero-order valence-corrected chi connectivity index (χ0v) is 16.7. The lowest BCUT2D eigenvalue weighted by Gasteiger charge is -2.32. The number of carbonyl (C=O) groups excluding carboxylic acids is 3. The highest BCUT2D eigenvalue weighted by atomic mass is 19.1. The fourth-order valence-electron chi connectivity index (χ4n) is 4.78. The van der Waals surface area contributed by atoms with E-state index in [0.29, 0.717) is 31.6 Å². The van der Waals surface area contributed by atoms with E-state index >= 15 is 0 Å². The monoisotopic (exact) mass is 402 g/mol. The van der Waals surface area contributed by atoms with Crippen molar-refractivity contribution in [3.8, 4) is 0 Å². The molecule has 1 saturated heterocycles. The fraction of sp³-hybridized carbons (Fsp3) is 0.571. The number of hydrazine groups is 1. The topological polar surface area (TPSA) is 81.8 Å². The maximum Gasteiger partial charge on any atom is 0.344 e. The molecule has 8 heteroatoms. The van der Waals surface area contributed by atoms with Crippen molar-refractivity contribution in [3.63, 3.8) is 0 Å². The van der Waals surface area contributed by atoms with Crippen molar-refractivity contribution in [1.82, 2.24) is 15.8 Å². The van der Waals surface area contributed by atoms with Crippen molar-refractivity contribution >= 4 is 23.5 Å². The van der Waals surface area contributed by atoms with Crippen LogP contribution in [0.3, 0.4) is 0 Å². The third kappa shape index (κ3) is 3.68. The van der Waals surface area contributed by atoms with Crippen LogP contribution >= 0.6 is 0 Å². The summed E-state index contributed by atoms with van der Waals surface area (Å²) in [5.41, 5.74) is 3.99. The Balaban J connectivity index is 1.38. The van der Waals surface area contributed by atoms with Crippen molar-refractivity contribution in [2.75, 3.05) is 18.0 Å². The molecule has 2 fully saturated rings. The largest absolute Gasteiger partial charge is 0.368 e. The van der Waals surface area contributed by atoms with E-state index in [1.54, 1.807) is 0 Å². The van der Waals surface area contributed by atoms with Crippen LogP contribution in [0.1, 0.15) is 56.1 Å². The molecule has 4 amide bonds. The van der Waals surface area contributed by atoms with Crippen LogP contribution in [-0.2, 0) is 16.0 Å². The number of urea groups is 1. The lowest BCUT2D eigenvalue weighted by atomic mass is 9.82. The first-order valence-electron chi connectivity index (χ1n) is 10.4. The predicted octanol–water partition coefficient (Wildman–Crippen LogP) is 2.56. The first-order valence-corrected chi connectivity index (χ1v) is 10.4. The van der Waals surface area contributed by atoms with Gasteiger partial charge in [0.05, 0.1) is 5.69 Å². The van der Waals surface area contributed by atoms with E-state index in [2.05, 4.69) is 10.7 Å². The van der Waals surface area contributed by atoms with Crippen molar-refractivity contribution in [2.24, 2.45) is 0 Å². The number of aryl methyl sites for hydroxylation is 2.